The van der Waals surface area contributed by atoms with Gasteiger partial charge in [0.1, 0.15) is 0 Å². The molecule has 0 amide bonds. The number of carboxylic acid groups (broad SMARTS) is 1. The molecule has 1 N–H and O–H groups in total. The molecular weight excluding hydrogens is 218 g/mol. The van der Waals surface area contributed by atoms with Gasteiger partial charge in [-0.25, -0.2) is 0 Å². The Labute approximate surface area is 105 Å². The molecule has 0 bridgehead atoms. The van der Waals surface area contributed by atoms with Gasteiger partial charge in [-0.3, -0.25) is 9.69 Å². The fraction of sp³-hybridized carbons (Fsp3) is 0.923. The molecule has 102 valence electrons. The Morgan fingerprint density at radius 2 is 1.71 bits per heavy atom. The largest absolute Gasteiger partial charge is 0.481 e. The molecule has 0 spiro atoms. The second-order valence-electron chi connectivity index (χ2n) is 6.02. The van der Waals surface area contributed by atoms with Gasteiger partial charge >= 0.3 is 5.97 Å². The predicted octanol–water partition coefficient (Wildman–Crippen LogP) is 2.38. The molecule has 0 aliphatic heterocycles. The summed E-state index contributed by atoms with van der Waals surface area (Å²) in [6, 6.07) is 0. The van der Waals surface area contributed by atoms with Crippen LogP contribution < -0.4 is 0 Å². The van der Waals surface area contributed by atoms with Crippen LogP contribution in [0.3, 0.4) is 0 Å². The minimum atomic E-state index is -0.745. The van der Waals surface area contributed by atoms with Gasteiger partial charge in [0.05, 0.1) is 12.0 Å². The second-order valence-corrected chi connectivity index (χ2v) is 6.02. The number of hydrogen-bond donors (Lipinski definition) is 1. The standard InChI is InChI=1S/C13H27NO3/c1-12(2,3)14(9-7-11(15)16)10-8-13(4,5)17-6/h7-10H2,1-6H3,(H,15,16). The van der Waals surface area contributed by atoms with Gasteiger partial charge in [0, 0.05) is 25.7 Å². The van der Waals surface area contributed by atoms with Gasteiger partial charge < -0.3 is 9.84 Å². The van der Waals surface area contributed by atoms with Crippen LogP contribution in [-0.4, -0.2) is 47.3 Å². The Morgan fingerprint density at radius 3 is 2.06 bits per heavy atom. The minimum Gasteiger partial charge on any atom is -0.481 e. The van der Waals surface area contributed by atoms with Crippen LogP contribution >= 0.6 is 0 Å². The molecule has 0 heterocycles. The van der Waals surface area contributed by atoms with Crippen LogP contribution in [0.1, 0.15) is 47.5 Å². The normalized spacial score (nSPS) is 13.1. The summed E-state index contributed by atoms with van der Waals surface area (Å²) in [5.74, 6) is -0.745. The highest BCUT2D eigenvalue weighted by Gasteiger charge is 2.25. The molecular formula is C13H27NO3. The third-order valence-corrected chi connectivity index (χ3v) is 3.08. The first-order valence-corrected chi connectivity index (χ1v) is 6.10. The molecule has 0 aromatic rings. The van der Waals surface area contributed by atoms with Gasteiger partial charge in [0.2, 0.25) is 0 Å². The van der Waals surface area contributed by atoms with E-state index in [9.17, 15) is 4.79 Å². The number of nitrogens with zero attached hydrogens (tertiary/aromatic N) is 1. The number of methoxy groups -OCH3 is 1. The first kappa shape index (κ1) is 16.4. The van der Waals surface area contributed by atoms with Crippen molar-refractivity contribution < 1.29 is 14.6 Å². The zero-order valence-corrected chi connectivity index (χ0v) is 12.0. The van der Waals surface area contributed by atoms with Crippen molar-refractivity contribution in [1.29, 1.82) is 0 Å². The molecule has 0 rings (SSSR count). The molecule has 0 aromatic carbocycles. The highest BCUT2D eigenvalue weighted by atomic mass is 16.5. The number of ether oxygens (including phenoxy) is 1. The molecule has 0 atom stereocenters. The second kappa shape index (κ2) is 6.36. The zero-order chi connectivity index (χ0) is 13.7. The maximum atomic E-state index is 10.6. The van der Waals surface area contributed by atoms with Crippen LogP contribution in [0.4, 0.5) is 0 Å². The van der Waals surface area contributed by atoms with Gasteiger partial charge in [-0.2, -0.15) is 0 Å². The molecule has 0 aliphatic rings. The first-order valence-electron chi connectivity index (χ1n) is 6.10. The average molecular weight is 245 g/mol. The van der Waals surface area contributed by atoms with Gasteiger partial charge in [0.25, 0.3) is 0 Å². The van der Waals surface area contributed by atoms with Gasteiger partial charge in [-0.05, 0) is 41.0 Å². The molecule has 0 saturated heterocycles. The molecule has 0 radical (unpaired) electrons. The van der Waals surface area contributed by atoms with E-state index < -0.39 is 5.97 Å². The van der Waals surface area contributed by atoms with E-state index in [4.69, 9.17) is 9.84 Å². The smallest absolute Gasteiger partial charge is 0.304 e. The highest BCUT2D eigenvalue weighted by Crippen LogP contribution is 2.19. The van der Waals surface area contributed by atoms with E-state index in [1.54, 1.807) is 7.11 Å². The van der Waals surface area contributed by atoms with Crippen LogP contribution in [0, 0.1) is 0 Å². The van der Waals surface area contributed by atoms with Crippen LogP contribution in [-0.2, 0) is 9.53 Å². The Bertz CT molecular complexity index is 244. The molecule has 4 nitrogen and oxygen atoms in total. The number of hydrogen-bond acceptors (Lipinski definition) is 3. The van der Waals surface area contributed by atoms with Crippen molar-refractivity contribution in [2.45, 2.75) is 58.6 Å². The van der Waals surface area contributed by atoms with Crippen LogP contribution in [0.2, 0.25) is 0 Å². The van der Waals surface area contributed by atoms with Crippen molar-refractivity contribution in [3.63, 3.8) is 0 Å². The van der Waals surface area contributed by atoms with E-state index in [1.165, 1.54) is 0 Å². The van der Waals surface area contributed by atoms with Crippen molar-refractivity contribution in [3.05, 3.63) is 0 Å². The van der Waals surface area contributed by atoms with E-state index in [0.29, 0.717) is 6.54 Å². The summed E-state index contributed by atoms with van der Waals surface area (Å²) < 4.78 is 5.38. The number of rotatable bonds is 7. The van der Waals surface area contributed by atoms with Crippen LogP contribution in [0.5, 0.6) is 0 Å². The molecule has 0 aliphatic carbocycles. The lowest BCUT2D eigenvalue weighted by atomic mass is 10.0. The Morgan fingerprint density at radius 1 is 1.18 bits per heavy atom. The van der Waals surface area contributed by atoms with Crippen molar-refractivity contribution in [2.75, 3.05) is 20.2 Å². The van der Waals surface area contributed by atoms with Crippen LogP contribution in [0.15, 0.2) is 0 Å². The van der Waals surface area contributed by atoms with E-state index in [2.05, 4.69) is 25.7 Å². The first-order chi connectivity index (χ1) is 7.58. The topological polar surface area (TPSA) is 49.8 Å². The quantitative estimate of drug-likeness (QED) is 0.748. The summed E-state index contributed by atoms with van der Waals surface area (Å²) in [5.41, 5.74) is -0.175. The lowest BCUT2D eigenvalue weighted by Gasteiger charge is -2.37. The summed E-state index contributed by atoms with van der Waals surface area (Å²) in [6.45, 7) is 11.8. The average Bonchev–Trinajstić information content (AvgIpc) is 2.15. The minimum absolute atomic E-state index is 0.0146. The summed E-state index contributed by atoms with van der Waals surface area (Å²) in [7, 11) is 1.71. The Balaban J connectivity index is 4.36. The molecule has 0 unspecified atom stereocenters. The summed E-state index contributed by atoms with van der Waals surface area (Å²) in [6.07, 6.45) is 1.07. The number of carbonyl (C=O) groups is 1. The number of aliphatic carboxylic acids is 1. The fourth-order valence-corrected chi connectivity index (χ4v) is 1.52. The maximum Gasteiger partial charge on any atom is 0.304 e. The fourth-order valence-electron chi connectivity index (χ4n) is 1.52. The van der Waals surface area contributed by atoms with E-state index >= 15 is 0 Å². The summed E-state index contributed by atoms with van der Waals surface area (Å²) >= 11 is 0. The van der Waals surface area contributed by atoms with Gasteiger partial charge in [-0.15, -0.1) is 0 Å². The molecule has 17 heavy (non-hydrogen) atoms. The number of carboxylic acids is 1. The molecule has 0 fully saturated rings. The molecule has 0 saturated carbocycles. The van der Waals surface area contributed by atoms with Crippen molar-refractivity contribution >= 4 is 5.97 Å². The van der Waals surface area contributed by atoms with E-state index in [0.717, 1.165) is 13.0 Å². The Hall–Kier alpha value is -0.610. The van der Waals surface area contributed by atoms with Crippen LogP contribution in [0.25, 0.3) is 0 Å². The highest BCUT2D eigenvalue weighted by molar-refractivity contribution is 5.66. The third kappa shape index (κ3) is 7.34. The summed E-state index contributed by atoms with van der Waals surface area (Å²) in [4.78, 5) is 12.8. The zero-order valence-electron chi connectivity index (χ0n) is 12.0. The lowest BCUT2D eigenvalue weighted by molar-refractivity contribution is -0.137. The Kier molecular flexibility index (Phi) is 6.13. The van der Waals surface area contributed by atoms with Crippen molar-refractivity contribution in [2.24, 2.45) is 0 Å². The molecule has 0 aromatic heterocycles. The van der Waals surface area contributed by atoms with E-state index in [1.807, 2.05) is 13.8 Å². The summed E-state index contributed by atoms with van der Waals surface area (Å²) in [5, 5.41) is 8.75. The van der Waals surface area contributed by atoms with E-state index in [-0.39, 0.29) is 17.6 Å². The van der Waals surface area contributed by atoms with Gasteiger partial charge in [-0.1, -0.05) is 0 Å². The monoisotopic (exact) mass is 245 g/mol. The van der Waals surface area contributed by atoms with Gasteiger partial charge in [0.15, 0.2) is 0 Å². The lowest BCUT2D eigenvalue weighted by Crippen LogP contribution is -2.45. The van der Waals surface area contributed by atoms with Crippen molar-refractivity contribution in [3.8, 4) is 0 Å². The predicted molar refractivity (Wildman–Crippen MR) is 69.3 cm³/mol. The SMILES string of the molecule is COC(C)(C)CCN(CCC(=O)O)C(C)(C)C. The third-order valence-electron chi connectivity index (χ3n) is 3.08. The molecule has 4 heteroatoms. The maximum absolute atomic E-state index is 10.6. The van der Waals surface area contributed by atoms with Crippen molar-refractivity contribution in [1.82, 2.24) is 4.90 Å².